The van der Waals surface area contributed by atoms with Crippen molar-refractivity contribution in [2.45, 2.75) is 51.0 Å². The lowest BCUT2D eigenvalue weighted by Gasteiger charge is -2.34. The van der Waals surface area contributed by atoms with Crippen LogP contribution < -0.4 is 15.5 Å². The molecule has 0 aliphatic carbocycles. The number of aromatic nitrogens is 1. The van der Waals surface area contributed by atoms with Crippen molar-refractivity contribution in [1.29, 1.82) is 0 Å². The highest BCUT2D eigenvalue weighted by atomic mass is 16.5. The van der Waals surface area contributed by atoms with Crippen LogP contribution in [-0.2, 0) is 19.1 Å². The number of amides is 3. The first kappa shape index (κ1) is 21.4. The van der Waals surface area contributed by atoms with E-state index in [-0.39, 0.29) is 17.6 Å². The number of anilines is 2. The van der Waals surface area contributed by atoms with E-state index in [9.17, 15) is 14.4 Å². The third-order valence-electron chi connectivity index (χ3n) is 6.24. The number of carbonyl (C=O) groups excluding carboxylic acids is 3. The van der Waals surface area contributed by atoms with E-state index in [1.54, 1.807) is 49.4 Å². The van der Waals surface area contributed by atoms with Gasteiger partial charge in [-0.3, -0.25) is 19.3 Å². The Balaban J connectivity index is 1.55. The summed E-state index contributed by atoms with van der Waals surface area (Å²) in [6.07, 6.45) is 2.93. The zero-order valence-electron chi connectivity index (χ0n) is 18.9. The zero-order chi connectivity index (χ0) is 23.5. The van der Waals surface area contributed by atoms with Crippen LogP contribution in [0.1, 0.15) is 26.5 Å². The highest BCUT2D eigenvalue weighted by Gasteiger charge is 2.73. The SMILES string of the molecule is Cc1cc(NC(=O)[C@H]2[C@H]3C(=O)N(c4ccccc4)[C@H](C(=O)NC(C)(C)C)[C@]34C=C[C@H]2O4)no1. The lowest BCUT2D eigenvalue weighted by Crippen LogP contribution is -2.58. The van der Waals surface area contributed by atoms with Gasteiger partial charge in [0.15, 0.2) is 5.82 Å². The van der Waals surface area contributed by atoms with E-state index in [1.807, 2.05) is 26.8 Å². The standard InChI is InChI=1S/C24H26N4O5/c1-13-12-16(27-33-13)25-20(29)17-15-10-11-24(32-15)18(17)22(31)28(14-8-6-5-7-9-14)19(24)21(30)26-23(2,3)4/h5-12,15,17-19H,1-4H3,(H,26,30)(H,25,27,29)/t15-,17-,18+,19-,24+/m1/s1. The minimum Gasteiger partial charge on any atom is -0.360 e. The fourth-order valence-electron chi connectivity index (χ4n) is 5.11. The van der Waals surface area contributed by atoms with Gasteiger partial charge in [-0.2, -0.15) is 0 Å². The number of aryl methyl sites for hydroxylation is 1. The van der Waals surface area contributed by atoms with Crippen molar-refractivity contribution >= 4 is 29.2 Å². The number of rotatable bonds is 4. The molecule has 2 bridgehead atoms. The van der Waals surface area contributed by atoms with Crippen LogP contribution in [0.25, 0.3) is 0 Å². The molecule has 0 unspecified atom stereocenters. The second-order valence-corrected chi connectivity index (χ2v) is 9.80. The number of hydrogen-bond donors (Lipinski definition) is 2. The second kappa shape index (κ2) is 7.28. The molecular formula is C24H26N4O5. The van der Waals surface area contributed by atoms with Crippen LogP contribution >= 0.6 is 0 Å². The molecule has 172 valence electrons. The molecule has 3 aliphatic heterocycles. The number of hydrogen-bond acceptors (Lipinski definition) is 6. The van der Waals surface area contributed by atoms with Gasteiger partial charge < -0.3 is 19.9 Å². The van der Waals surface area contributed by atoms with Gasteiger partial charge in [0.1, 0.15) is 17.4 Å². The topological polar surface area (TPSA) is 114 Å². The maximum atomic E-state index is 13.8. The Labute approximate surface area is 191 Å². The quantitative estimate of drug-likeness (QED) is 0.691. The van der Waals surface area contributed by atoms with E-state index in [0.717, 1.165) is 0 Å². The molecular weight excluding hydrogens is 424 g/mol. The highest BCUT2D eigenvalue weighted by Crippen LogP contribution is 2.56. The van der Waals surface area contributed by atoms with Crippen LogP contribution in [0.2, 0.25) is 0 Å². The van der Waals surface area contributed by atoms with Gasteiger partial charge >= 0.3 is 0 Å². The fourth-order valence-corrected chi connectivity index (χ4v) is 5.11. The van der Waals surface area contributed by atoms with E-state index >= 15 is 0 Å². The summed E-state index contributed by atoms with van der Waals surface area (Å²) in [5, 5.41) is 9.53. The Kier molecular flexibility index (Phi) is 4.72. The van der Waals surface area contributed by atoms with Crippen LogP contribution in [-0.4, -0.2) is 46.2 Å². The van der Waals surface area contributed by atoms with E-state index in [0.29, 0.717) is 11.4 Å². The molecule has 9 nitrogen and oxygen atoms in total. The van der Waals surface area contributed by atoms with Gasteiger partial charge in [-0.15, -0.1) is 0 Å². The molecule has 2 saturated heterocycles. The summed E-state index contributed by atoms with van der Waals surface area (Å²) < 4.78 is 11.3. The zero-order valence-corrected chi connectivity index (χ0v) is 18.9. The summed E-state index contributed by atoms with van der Waals surface area (Å²) in [4.78, 5) is 42.1. The minimum atomic E-state index is -1.24. The lowest BCUT2D eigenvalue weighted by atomic mass is 9.74. The molecule has 2 fully saturated rings. The van der Waals surface area contributed by atoms with Crippen molar-refractivity contribution in [3.63, 3.8) is 0 Å². The maximum Gasteiger partial charge on any atom is 0.246 e. The Morgan fingerprint density at radius 3 is 2.52 bits per heavy atom. The van der Waals surface area contributed by atoms with Crippen molar-refractivity contribution < 1.29 is 23.6 Å². The maximum absolute atomic E-state index is 13.8. The molecule has 9 heteroatoms. The van der Waals surface area contributed by atoms with E-state index < -0.39 is 41.0 Å². The van der Waals surface area contributed by atoms with Crippen LogP contribution in [0.15, 0.2) is 53.1 Å². The molecule has 1 spiro atoms. The molecule has 5 rings (SSSR count). The Morgan fingerprint density at radius 1 is 1.15 bits per heavy atom. The number of para-hydroxylation sites is 1. The summed E-state index contributed by atoms with van der Waals surface area (Å²) in [5.41, 5.74) is -1.18. The third-order valence-corrected chi connectivity index (χ3v) is 6.24. The Morgan fingerprint density at radius 2 is 1.88 bits per heavy atom. The summed E-state index contributed by atoms with van der Waals surface area (Å²) in [7, 11) is 0. The number of nitrogens with one attached hydrogen (secondary N) is 2. The van der Waals surface area contributed by atoms with E-state index in [2.05, 4.69) is 15.8 Å². The summed E-state index contributed by atoms with van der Waals surface area (Å²) in [6, 6.07) is 9.64. The predicted octanol–water partition coefficient (Wildman–Crippen LogP) is 2.19. The number of fused-ring (bicyclic) bond motifs is 1. The second-order valence-electron chi connectivity index (χ2n) is 9.80. The number of ether oxygens (including phenoxy) is 1. The van der Waals surface area contributed by atoms with Crippen LogP contribution in [0.3, 0.4) is 0 Å². The summed E-state index contributed by atoms with van der Waals surface area (Å²) in [6.45, 7) is 7.35. The number of benzene rings is 1. The average Bonchev–Trinajstić information content (AvgIpc) is 3.48. The van der Waals surface area contributed by atoms with Crippen molar-refractivity contribution in [3.05, 3.63) is 54.3 Å². The minimum absolute atomic E-state index is 0.269. The van der Waals surface area contributed by atoms with Crippen molar-refractivity contribution in [2.75, 3.05) is 10.2 Å². The molecule has 4 heterocycles. The van der Waals surface area contributed by atoms with Gasteiger partial charge in [0.2, 0.25) is 17.7 Å². The molecule has 5 atom stereocenters. The Hall–Kier alpha value is -3.46. The number of carbonyl (C=O) groups is 3. The van der Waals surface area contributed by atoms with Crippen LogP contribution in [0.4, 0.5) is 11.5 Å². The highest BCUT2D eigenvalue weighted by molar-refractivity contribution is 6.11. The van der Waals surface area contributed by atoms with Crippen molar-refractivity contribution in [2.24, 2.45) is 11.8 Å². The van der Waals surface area contributed by atoms with E-state index in [1.165, 1.54) is 4.90 Å². The molecule has 0 saturated carbocycles. The van der Waals surface area contributed by atoms with Gasteiger partial charge in [0, 0.05) is 17.3 Å². The van der Waals surface area contributed by atoms with E-state index in [4.69, 9.17) is 9.26 Å². The molecule has 3 amide bonds. The Bertz CT molecular complexity index is 1150. The first-order valence-electron chi connectivity index (χ1n) is 10.9. The summed E-state index contributed by atoms with van der Waals surface area (Å²) >= 11 is 0. The van der Waals surface area contributed by atoms with Gasteiger partial charge in [0.05, 0.1) is 17.9 Å². The molecule has 33 heavy (non-hydrogen) atoms. The van der Waals surface area contributed by atoms with Gasteiger partial charge in [-0.1, -0.05) is 35.5 Å². The smallest absolute Gasteiger partial charge is 0.246 e. The van der Waals surface area contributed by atoms with Crippen molar-refractivity contribution in [3.8, 4) is 0 Å². The van der Waals surface area contributed by atoms with Gasteiger partial charge in [-0.25, -0.2) is 0 Å². The molecule has 3 aliphatic rings. The van der Waals surface area contributed by atoms with Gasteiger partial charge in [0.25, 0.3) is 0 Å². The average molecular weight is 450 g/mol. The molecule has 0 radical (unpaired) electrons. The largest absolute Gasteiger partial charge is 0.360 e. The fraction of sp³-hybridized carbons (Fsp3) is 0.417. The van der Waals surface area contributed by atoms with Crippen LogP contribution in [0, 0.1) is 18.8 Å². The molecule has 2 N–H and O–H groups in total. The molecule has 2 aromatic rings. The first-order valence-corrected chi connectivity index (χ1v) is 10.9. The summed E-state index contributed by atoms with van der Waals surface area (Å²) in [5.74, 6) is -1.89. The van der Waals surface area contributed by atoms with Crippen molar-refractivity contribution in [1.82, 2.24) is 10.5 Å². The molecule has 1 aromatic carbocycles. The normalized spacial score (nSPS) is 29.9. The third kappa shape index (κ3) is 3.34. The predicted molar refractivity (Wildman–Crippen MR) is 119 cm³/mol. The number of nitrogens with zero attached hydrogens (tertiary/aromatic N) is 2. The first-order chi connectivity index (χ1) is 15.6. The van der Waals surface area contributed by atoms with Crippen LogP contribution in [0.5, 0.6) is 0 Å². The molecule has 1 aromatic heterocycles. The lowest BCUT2D eigenvalue weighted by molar-refractivity contribution is -0.129. The van der Waals surface area contributed by atoms with Gasteiger partial charge in [-0.05, 0) is 39.8 Å². The monoisotopic (exact) mass is 450 g/mol.